The van der Waals surface area contributed by atoms with Crippen LogP contribution in [-0.4, -0.2) is 5.91 Å². The number of primary amides is 1. The molecule has 0 unspecified atom stereocenters. The number of anilines is 1. The highest BCUT2D eigenvalue weighted by molar-refractivity contribution is 9.10. The van der Waals surface area contributed by atoms with Crippen molar-refractivity contribution in [2.45, 2.75) is 6.54 Å². The molecule has 0 atom stereocenters. The molecular formula is C14H11BrF2N2O. The molecule has 0 aliphatic carbocycles. The summed E-state index contributed by atoms with van der Waals surface area (Å²) in [5, 5.41) is 2.82. The van der Waals surface area contributed by atoms with Crippen LogP contribution in [0.1, 0.15) is 15.9 Å². The second-order valence-electron chi connectivity index (χ2n) is 4.12. The summed E-state index contributed by atoms with van der Waals surface area (Å²) in [6, 6.07) is 8.69. The minimum absolute atomic E-state index is 0.130. The van der Waals surface area contributed by atoms with Crippen molar-refractivity contribution in [1.29, 1.82) is 0 Å². The van der Waals surface area contributed by atoms with Crippen LogP contribution in [0.4, 0.5) is 14.5 Å². The second kappa shape index (κ2) is 6.00. The first-order valence-corrected chi connectivity index (χ1v) is 6.54. The molecule has 0 aliphatic rings. The highest BCUT2D eigenvalue weighted by atomic mass is 79.9. The first kappa shape index (κ1) is 14.5. The van der Waals surface area contributed by atoms with Crippen LogP contribution < -0.4 is 11.1 Å². The van der Waals surface area contributed by atoms with Gasteiger partial charge in [-0.2, -0.15) is 0 Å². The standard InChI is InChI=1S/C14H11BrF2N2O/c15-11-5-9(16)6-12(17)13(11)19-7-8-3-1-2-4-10(8)14(18)20/h1-6,19H,7H2,(H2,18,20). The third-order valence-corrected chi connectivity index (χ3v) is 3.37. The van der Waals surface area contributed by atoms with Gasteiger partial charge in [-0.1, -0.05) is 18.2 Å². The molecule has 1 amide bonds. The van der Waals surface area contributed by atoms with E-state index in [2.05, 4.69) is 21.2 Å². The van der Waals surface area contributed by atoms with E-state index in [4.69, 9.17) is 5.73 Å². The maximum absolute atomic E-state index is 13.6. The predicted molar refractivity (Wildman–Crippen MR) is 76.3 cm³/mol. The summed E-state index contributed by atoms with van der Waals surface area (Å²) >= 11 is 3.08. The van der Waals surface area contributed by atoms with Crippen LogP contribution in [0.5, 0.6) is 0 Å². The van der Waals surface area contributed by atoms with Crippen molar-refractivity contribution < 1.29 is 13.6 Å². The molecule has 2 aromatic carbocycles. The van der Waals surface area contributed by atoms with Crippen LogP contribution >= 0.6 is 15.9 Å². The fraction of sp³-hybridized carbons (Fsp3) is 0.0714. The lowest BCUT2D eigenvalue weighted by Gasteiger charge is -2.12. The van der Waals surface area contributed by atoms with Crippen molar-refractivity contribution in [1.82, 2.24) is 0 Å². The van der Waals surface area contributed by atoms with Gasteiger partial charge in [-0.25, -0.2) is 8.78 Å². The third-order valence-electron chi connectivity index (χ3n) is 2.75. The first-order chi connectivity index (χ1) is 9.49. The molecule has 3 nitrogen and oxygen atoms in total. The van der Waals surface area contributed by atoms with E-state index in [-0.39, 0.29) is 16.7 Å². The van der Waals surface area contributed by atoms with Crippen LogP contribution in [0.3, 0.4) is 0 Å². The number of benzene rings is 2. The maximum Gasteiger partial charge on any atom is 0.249 e. The zero-order valence-electron chi connectivity index (χ0n) is 10.3. The Hall–Kier alpha value is -1.95. The number of amides is 1. The Morgan fingerprint density at radius 2 is 1.95 bits per heavy atom. The number of nitrogens with one attached hydrogen (secondary N) is 1. The number of nitrogens with two attached hydrogens (primary N) is 1. The fourth-order valence-corrected chi connectivity index (χ4v) is 2.36. The number of carbonyl (C=O) groups is 1. The summed E-state index contributed by atoms with van der Waals surface area (Å²) < 4.78 is 26.9. The summed E-state index contributed by atoms with van der Waals surface area (Å²) in [6.45, 7) is 0.195. The summed E-state index contributed by atoms with van der Waals surface area (Å²) in [6.07, 6.45) is 0. The highest BCUT2D eigenvalue weighted by Gasteiger charge is 2.11. The van der Waals surface area contributed by atoms with E-state index in [0.717, 1.165) is 12.1 Å². The van der Waals surface area contributed by atoms with Gasteiger partial charge in [0.25, 0.3) is 0 Å². The number of rotatable bonds is 4. The van der Waals surface area contributed by atoms with E-state index in [1.165, 1.54) is 0 Å². The average molecular weight is 341 g/mol. The highest BCUT2D eigenvalue weighted by Crippen LogP contribution is 2.27. The van der Waals surface area contributed by atoms with E-state index < -0.39 is 17.5 Å². The molecule has 0 aromatic heterocycles. The minimum atomic E-state index is -0.714. The molecule has 0 heterocycles. The van der Waals surface area contributed by atoms with Gasteiger partial charge in [0.05, 0.1) is 5.69 Å². The van der Waals surface area contributed by atoms with Crippen LogP contribution in [0.2, 0.25) is 0 Å². The molecule has 20 heavy (non-hydrogen) atoms. The molecule has 2 rings (SSSR count). The van der Waals surface area contributed by atoms with Gasteiger partial charge < -0.3 is 11.1 Å². The number of hydrogen-bond donors (Lipinski definition) is 2. The van der Waals surface area contributed by atoms with Crippen LogP contribution in [0.15, 0.2) is 40.9 Å². The monoisotopic (exact) mass is 340 g/mol. The van der Waals surface area contributed by atoms with Crippen molar-refractivity contribution in [2.24, 2.45) is 5.73 Å². The van der Waals surface area contributed by atoms with E-state index in [9.17, 15) is 13.6 Å². The van der Waals surface area contributed by atoms with Crippen molar-refractivity contribution in [2.75, 3.05) is 5.32 Å². The molecule has 3 N–H and O–H groups in total. The van der Waals surface area contributed by atoms with Crippen molar-refractivity contribution in [3.05, 3.63) is 63.6 Å². The first-order valence-electron chi connectivity index (χ1n) is 5.75. The second-order valence-corrected chi connectivity index (χ2v) is 4.97. The van der Waals surface area contributed by atoms with Crippen LogP contribution in [0.25, 0.3) is 0 Å². The number of carbonyl (C=O) groups excluding carboxylic acids is 1. The van der Waals surface area contributed by atoms with Crippen molar-refractivity contribution >= 4 is 27.5 Å². The average Bonchev–Trinajstić information content (AvgIpc) is 2.37. The van der Waals surface area contributed by atoms with Crippen molar-refractivity contribution in [3.8, 4) is 0 Å². The Morgan fingerprint density at radius 1 is 1.25 bits per heavy atom. The lowest BCUT2D eigenvalue weighted by molar-refractivity contribution is 0.0999. The fourth-order valence-electron chi connectivity index (χ4n) is 1.81. The van der Waals surface area contributed by atoms with Gasteiger partial charge in [0.2, 0.25) is 5.91 Å². The molecule has 0 aliphatic heterocycles. The van der Waals surface area contributed by atoms with Crippen molar-refractivity contribution in [3.63, 3.8) is 0 Å². The van der Waals surface area contributed by atoms with Crippen LogP contribution in [0, 0.1) is 11.6 Å². The quantitative estimate of drug-likeness (QED) is 0.895. The van der Waals surface area contributed by atoms with Crippen LogP contribution in [-0.2, 0) is 6.54 Å². The minimum Gasteiger partial charge on any atom is -0.378 e. The van der Waals surface area contributed by atoms with E-state index >= 15 is 0 Å². The van der Waals surface area contributed by atoms with E-state index in [0.29, 0.717) is 11.1 Å². The van der Waals surface area contributed by atoms with Gasteiger partial charge in [0.15, 0.2) is 0 Å². The Bertz CT molecular complexity index is 638. The molecule has 2 aromatic rings. The molecule has 6 heteroatoms. The Kier molecular flexibility index (Phi) is 4.34. The maximum atomic E-state index is 13.6. The smallest absolute Gasteiger partial charge is 0.249 e. The topological polar surface area (TPSA) is 55.1 Å². The zero-order valence-corrected chi connectivity index (χ0v) is 11.9. The van der Waals surface area contributed by atoms with E-state index in [1.54, 1.807) is 24.3 Å². The summed E-state index contributed by atoms with van der Waals surface area (Å²) in [7, 11) is 0. The lowest BCUT2D eigenvalue weighted by atomic mass is 10.1. The van der Waals surface area contributed by atoms with Gasteiger partial charge in [0, 0.05) is 22.6 Å². The normalized spacial score (nSPS) is 10.3. The molecule has 0 bridgehead atoms. The Labute approximate surface area is 122 Å². The summed E-state index contributed by atoms with van der Waals surface area (Å²) in [5.74, 6) is -1.94. The molecule has 0 saturated heterocycles. The predicted octanol–water partition coefficient (Wildman–Crippen LogP) is 3.44. The summed E-state index contributed by atoms with van der Waals surface area (Å²) in [4.78, 5) is 11.3. The molecule has 0 radical (unpaired) electrons. The van der Waals surface area contributed by atoms with Gasteiger partial charge >= 0.3 is 0 Å². The molecule has 0 fully saturated rings. The summed E-state index contributed by atoms with van der Waals surface area (Å²) in [5.41, 5.74) is 6.39. The molecule has 104 valence electrons. The Balaban J connectivity index is 2.24. The number of hydrogen-bond acceptors (Lipinski definition) is 2. The SMILES string of the molecule is NC(=O)c1ccccc1CNc1c(F)cc(F)cc1Br. The van der Waals surface area contributed by atoms with Gasteiger partial charge in [-0.05, 0) is 33.6 Å². The molecule has 0 saturated carbocycles. The van der Waals surface area contributed by atoms with Gasteiger partial charge in [-0.3, -0.25) is 4.79 Å². The molecular weight excluding hydrogens is 330 g/mol. The largest absolute Gasteiger partial charge is 0.378 e. The third kappa shape index (κ3) is 3.14. The van der Waals surface area contributed by atoms with E-state index in [1.807, 2.05) is 0 Å². The Morgan fingerprint density at radius 3 is 2.60 bits per heavy atom. The van der Waals surface area contributed by atoms with Gasteiger partial charge in [0.1, 0.15) is 11.6 Å². The lowest BCUT2D eigenvalue weighted by Crippen LogP contribution is -2.15. The molecule has 0 spiro atoms. The zero-order chi connectivity index (χ0) is 14.7. The van der Waals surface area contributed by atoms with Gasteiger partial charge in [-0.15, -0.1) is 0 Å². The number of halogens is 3.